The van der Waals surface area contributed by atoms with E-state index in [0.29, 0.717) is 11.2 Å². The van der Waals surface area contributed by atoms with E-state index in [9.17, 15) is 0 Å². The smallest absolute Gasteiger partial charge is 0.128 e. The van der Waals surface area contributed by atoms with Crippen LogP contribution in [0.2, 0.25) is 5.15 Å². The molecule has 3 nitrogen and oxygen atoms in total. The van der Waals surface area contributed by atoms with E-state index < -0.39 is 0 Å². The Balaban J connectivity index is 2.13. The molecule has 1 saturated heterocycles. The second kappa shape index (κ2) is 3.46. The topological polar surface area (TPSA) is 27.1 Å². The molecule has 2 rings (SSSR count). The molecule has 0 amide bonds. The summed E-state index contributed by atoms with van der Waals surface area (Å²) < 4.78 is 7.33. The van der Waals surface area contributed by atoms with Crippen LogP contribution in [0.3, 0.4) is 0 Å². The Kier molecular flexibility index (Phi) is 2.33. The van der Waals surface area contributed by atoms with Gasteiger partial charge in [0.05, 0.1) is 25.2 Å². The molecule has 4 heteroatoms. The van der Waals surface area contributed by atoms with E-state index in [1.165, 1.54) is 0 Å². The van der Waals surface area contributed by atoms with Crippen LogP contribution in [0.25, 0.3) is 0 Å². The molecule has 12 heavy (non-hydrogen) atoms. The van der Waals surface area contributed by atoms with Crippen molar-refractivity contribution >= 4 is 11.6 Å². The van der Waals surface area contributed by atoms with Crippen LogP contribution in [0.5, 0.6) is 0 Å². The lowest BCUT2D eigenvalue weighted by Gasteiger charge is -2.23. The number of nitrogens with zero attached hydrogens (tertiary/aromatic N) is 2. The van der Waals surface area contributed by atoms with Crippen molar-refractivity contribution in [3.63, 3.8) is 0 Å². The highest BCUT2D eigenvalue weighted by Gasteiger charge is 2.16. The monoisotopic (exact) mass is 186 g/mol. The summed E-state index contributed by atoms with van der Waals surface area (Å²) >= 11 is 5.92. The first-order chi connectivity index (χ1) is 5.88. The Hall–Kier alpha value is -0.540. The van der Waals surface area contributed by atoms with Crippen molar-refractivity contribution < 1.29 is 4.74 Å². The van der Waals surface area contributed by atoms with Crippen molar-refractivity contribution in [1.82, 2.24) is 9.55 Å². The van der Waals surface area contributed by atoms with Crippen molar-refractivity contribution in [1.29, 1.82) is 0 Å². The largest absolute Gasteiger partial charge is 0.379 e. The highest BCUT2D eigenvalue weighted by Crippen LogP contribution is 2.22. The van der Waals surface area contributed by atoms with Crippen LogP contribution in [0, 0.1) is 0 Å². The molecule has 2 heterocycles. The van der Waals surface area contributed by atoms with Gasteiger partial charge in [-0.3, -0.25) is 0 Å². The highest BCUT2D eigenvalue weighted by atomic mass is 35.5. The molecule has 1 aromatic heterocycles. The van der Waals surface area contributed by atoms with Gasteiger partial charge in [-0.25, -0.2) is 4.98 Å². The SMILES string of the molecule is Clc1cncn1C1CCCOC1. The molecule has 1 fully saturated rings. The lowest BCUT2D eigenvalue weighted by molar-refractivity contribution is 0.0592. The van der Waals surface area contributed by atoms with Crippen molar-refractivity contribution in [3.8, 4) is 0 Å². The first kappa shape index (κ1) is 8.08. The third-order valence-corrected chi connectivity index (χ3v) is 2.44. The molecule has 0 N–H and O–H groups in total. The fraction of sp³-hybridized carbons (Fsp3) is 0.625. The van der Waals surface area contributed by atoms with Crippen LogP contribution in [-0.4, -0.2) is 22.8 Å². The molecular formula is C8H11ClN2O. The second-order valence-corrected chi connectivity index (χ2v) is 3.38. The van der Waals surface area contributed by atoms with Crippen LogP contribution in [-0.2, 0) is 4.74 Å². The lowest BCUT2D eigenvalue weighted by atomic mass is 10.1. The third-order valence-electron chi connectivity index (χ3n) is 2.15. The molecule has 1 atom stereocenters. The molecule has 1 unspecified atom stereocenters. The Morgan fingerprint density at radius 1 is 1.67 bits per heavy atom. The number of ether oxygens (including phenoxy) is 1. The molecule has 0 aliphatic carbocycles. The maximum absolute atomic E-state index is 5.92. The fourth-order valence-electron chi connectivity index (χ4n) is 1.50. The fourth-order valence-corrected chi connectivity index (χ4v) is 1.74. The van der Waals surface area contributed by atoms with E-state index in [-0.39, 0.29) is 0 Å². The van der Waals surface area contributed by atoms with Gasteiger partial charge in [0.25, 0.3) is 0 Å². The van der Waals surface area contributed by atoms with Gasteiger partial charge in [0, 0.05) is 6.61 Å². The van der Waals surface area contributed by atoms with Crippen LogP contribution in [0.15, 0.2) is 12.5 Å². The average Bonchev–Trinajstić information content (AvgIpc) is 2.53. The summed E-state index contributed by atoms with van der Waals surface area (Å²) in [6, 6.07) is 0.383. The predicted molar refractivity (Wildman–Crippen MR) is 46.3 cm³/mol. The molecule has 1 aliphatic heterocycles. The molecule has 1 aliphatic rings. The third kappa shape index (κ3) is 1.47. The standard InChI is InChI=1S/C8H11ClN2O/c9-8-4-10-6-11(8)7-2-1-3-12-5-7/h4,6-7H,1-3,5H2. The van der Waals surface area contributed by atoms with Gasteiger partial charge in [0.15, 0.2) is 0 Å². The first-order valence-electron chi connectivity index (χ1n) is 4.13. The minimum Gasteiger partial charge on any atom is -0.379 e. The van der Waals surface area contributed by atoms with Crippen molar-refractivity contribution in [2.75, 3.05) is 13.2 Å². The average molecular weight is 187 g/mol. The second-order valence-electron chi connectivity index (χ2n) is 2.99. The van der Waals surface area contributed by atoms with Crippen LogP contribution in [0.1, 0.15) is 18.9 Å². The van der Waals surface area contributed by atoms with Gasteiger partial charge >= 0.3 is 0 Å². The highest BCUT2D eigenvalue weighted by molar-refractivity contribution is 6.29. The summed E-state index contributed by atoms with van der Waals surface area (Å²) in [6.07, 6.45) is 5.67. The zero-order valence-electron chi connectivity index (χ0n) is 6.74. The summed E-state index contributed by atoms with van der Waals surface area (Å²) in [5.41, 5.74) is 0. The van der Waals surface area contributed by atoms with Gasteiger partial charge in [0.2, 0.25) is 0 Å². The zero-order chi connectivity index (χ0) is 8.39. The van der Waals surface area contributed by atoms with Gasteiger partial charge in [-0.2, -0.15) is 0 Å². The molecular weight excluding hydrogens is 176 g/mol. The summed E-state index contributed by atoms with van der Waals surface area (Å²) in [5, 5.41) is 0.700. The molecule has 1 aromatic rings. The van der Waals surface area contributed by atoms with Crippen LogP contribution < -0.4 is 0 Å². The molecule has 0 radical (unpaired) electrons. The van der Waals surface area contributed by atoms with E-state index in [0.717, 1.165) is 26.1 Å². The summed E-state index contributed by atoms with van der Waals surface area (Å²) in [5.74, 6) is 0. The van der Waals surface area contributed by atoms with Crippen molar-refractivity contribution in [2.24, 2.45) is 0 Å². The van der Waals surface area contributed by atoms with E-state index in [1.807, 2.05) is 4.57 Å². The van der Waals surface area contributed by atoms with Gasteiger partial charge in [-0.1, -0.05) is 11.6 Å². The number of halogens is 1. The van der Waals surface area contributed by atoms with Gasteiger partial charge < -0.3 is 9.30 Å². The Bertz CT molecular complexity index is 255. The molecule has 0 aromatic carbocycles. The zero-order valence-corrected chi connectivity index (χ0v) is 7.50. The summed E-state index contributed by atoms with van der Waals surface area (Å²) in [4.78, 5) is 3.97. The molecule has 66 valence electrons. The number of imidazole rings is 1. The van der Waals surface area contributed by atoms with Gasteiger partial charge in [0.1, 0.15) is 5.15 Å². The lowest BCUT2D eigenvalue weighted by Crippen LogP contribution is -2.20. The Morgan fingerprint density at radius 2 is 2.58 bits per heavy atom. The molecule has 0 saturated carbocycles. The van der Waals surface area contributed by atoms with E-state index in [1.54, 1.807) is 12.5 Å². The van der Waals surface area contributed by atoms with Crippen LogP contribution in [0.4, 0.5) is 0 Å². The van der Waals surface area contributed by atoms with Crippen molar-refractivity contribution in [3.05, 3.63) is 17.7 Å². The minimum atomic E-state index is 0.383. The minimum absolute atomic E-state index is 0.383. The normalized spacial score (nSPS) is 24.2. The van der Waals surface area contributed by atoms with E-state index in [4.69, 9.17) is 16.3 Å². The Morgan fingerprint density at radius 3 is 3.17 bits per heavy atom. The number of rotatable bonds is 1. The number of hydrogen-bond acceptors (Lipinski definition) is 2. The predicted octanol–water partition coefficient (Wildman–Crippen LogP) is 1.89. The summed E-state index contributed by atoms with van der Waals surface area (Å²) in [7, 11) is 0. The maximum atomic E-state index is 5.92. The van der Waals surface area contributed by atoms with Gasteiger partial charge in [-0.05, 0) is 12.8 Å². The van der Waals surface area contributed by atoms with E-state index >= 15 is 0 Å². The molecule has 0 spiro atoms. The number of aromatic nitrogens is 2. The van der Waals surface area contributed by atoms with Crippen LogP contribution >= 0.6 is 11.6 Å². The molecule has 0 bridgehead atoms. The first-order valence-corrected chi connectivity index (χ1v) is 4.51. The number of hydrogen-bond donors (Lipinski definition) is 0. The van der Waals surface area contributed by atoms with E-state index in [2.05, 4.69) is 4.98 Å². The summed E-state index contributed by atoms with van der Waals surface area (Å²) in [6.45, 7) is 1.64. The maximum Gasteiger partial charge on any atom is 0.128 e. The Labute approximate surface area is 76.3 Å². The quantitative estimate of drug-likeness (QED) is 0.670. The van der Waals surface area contributed by atoms with Crippen molar-refractivity contribution in [2.45, 2.75) is 18.9 Å². The van der Waals surface area contributed by atoms with Gasteiger partial charge in [-0.15, -0.1) is 0 Å².